The van der Waals surface area contributed by atoms with E-state index in [0.29, 0.717) is 18.4 Å². The quantitative estimate of drug-likeness (QED) is 0.798. The van der Waals surface area contributed by atoms with Gasteiger partial charge in [-0.1, -0.05) is 13.8 Å². The summed E-state index contributed by atoms with van der Waals surface area (Å²) in [4.78, 5) is 14.1. The Labute approximate surface area is 99.6 Å². The standard InChI is InChI=1S/C13H26N2O/c1-10(2)8-12(16)14-11-6-7-15(9-11)13(3,4)5/h10-11H,6-9H2,1-5H3,(H,14,16). The van der Waals surface area contributed by atoms with E-state index < -0.39 is 0 Å². The first-order valence-electron chi connectivity index (χ1n) is 6.33. The normalized spacial score (nSPS) is 22.8. The van der Waals surface area contributed by atoms with E-state index in [1.807, 2.05) is 0 Å². The Morgan fingerprint density at radius 3 is 2.50 bits per heavy atom. The van der Waals surface area contributed by atoms with E-state index in [1.165, 1.54) is 0 Å². The third-order valence-electron chi connectivity index (χ3n) is 3.10. The summed E-state index contributed by atoms with van der Waals surface area (Å²) < 4.78 is 0. The summed E-state index contributed by atoms with van der Waals surface area (Å²) in [5, 5.41) is 3.13. The number of nitrogens with zero attached hydrogens (tertiary/aromatic N) is 1. The molecule has 1 N–H and O–H groups in total. The molecule has 1 aliphatic heterocycles. The van der Waals surface area contributed by atoms with E-state index in [1.54, 1.807) is 0 Å². The van der Waals surface area contributed by atoms with E-state index in [-0.39, 0.29) is 11.4 Å². The lowest BCUT2D eigenvalue weighted by Crippen LogP contribution is -2.43. The third kappa shape index (κ3) is 4.12. The maximum absolute atomic E-state index is 11.6. The summed E-state index contributed by atoms with van der Waals surface area (Å²) in [6.45, 7) is 12.9. The van der Waals surface area contributed by atoms with Gasteiger partial charge in [-0.25, -0.2) is 0 Å². The van der Waals surface area contributed by atoms with Crippen molar-refractivity contribution in [2.75, 3.05) is 13.1 Å². The minimum Gasteiger partial charge on any atom is -0.352 e. The van der Waals surface area contributed by atoms with E-state index >= 15 is 0 Å². The number of amides is 1. The van der Waals surface area contributed by atoms with Crippen LogP contribution in [0.1, 0.15) is 47.5 Å². The molecular formula is C13H26N2O. The number of carbonyl (C=O) groups excluding carboxylic acids is 1. The van der Waals surface area contributed by atoms with Crippen molar-refractivity contribution in [1.82, 2.24) is 10.2 Å². The maximum atomic E-state index is 11.6. The van der Waals surface area contributed by atoms with Crippen LogP contribution in [-0.2, 0) is 4.79 Å². The molecule has 16 heavy (non-hydrogen) atoms. The van der Waals surface area contributed by atoms with Crippen LogP contribution in [0, 0.1) is 5.92 Å². The highest BCUT2D eigenvalue weighted by molar-refractivity contribution is 5.76. The molecule has 94 valence electrons. The summed E-state index contributed by atoms with van der Waals surface area (Å²) in [7, 11) is 0. The first-order chi connectivity index (χ1) is 7.29. The van der Waals surface area contributed by atoms with Crippen LogP contribution in [0.2, 0.25) is 0 Å². The van der Waals surface area contributed by atoms with Crippen LogP contribution in [0.4, 0.5) is 0 Å². The van der Waals surface area contributed by atoms with Crippen molar-refractivity contribution in [3.8, 4) is 0 Å². The topological polar surface area (TPSA) is 32.3 Å². The zero-order valence-corrected chi connectivity index (χ0v) is 11.3. The molecule has 0 spiro atoms. The molecule has 0 aromatic rings. The summed E-state index contributed by atoms with van der Waals surface area (Å²) in [6.07, 6.45) is 1.73. The number of carbonyl (C=O) groups is 1. The molecular weight excluding hydrogens is 200 g/mol. The predicted octanol–water partition coefficient (Wildman–Crippen LogP) is 2.02. The smallest absolute Gasteiger partial charge is 0.220 e. The van der Waals surface area contributed by atoms with Crippen molar-refractivity contribution in [3.05, 3.63) is 0 Å². The summed E-state index contributed by atoms with van der Waals surface area (Å²) in [5.41, 5.74) is 0.220. The van der Waals surface area contributed by atoms with Gasteiger partial charge in [-0.15, -0.1) is 0 Å². The molecule has 1 aliphatic rings. The maximum Gasteiger partial charge on any atom is 0.220 e. The molecule has 1 heterocycles. The van der Waals surface area contributed by atoms with E-state index in [0.717, 1.165) is 19.5 Å². The van der Waals surface area contributed by atoms with E-state index in [9.17, 15) is 4.79 Å². The number of rotatable bonds is 3. The Hall–Kier alpha value is -0.570. The monoisotopic (exact) mass is 226 g/mol. The first kappa shape index (κ1) is 13.5. The largest absolute Gasteiger partial charge is 0.352 e. The van der Waals surface area contributed by atoms with Gasteiger partial charge in [-0.05, 0) is 33.1 Å². The second kappa shape index (κ2) is 5.17. The molecule has 1 saturated heterocycles. The fraction of sp³-hybridized carbons (Fsp3) is 0.923. The fourth-order valence-electron chi connectivity index (χ4n) is 2.14. The van der Waals surface area contributed by atoms with Crippen LogP contribution in [-0.4, -0.2) is 35.5 Å². The zero-order valence-electron chi connectivity index (χ0n) is 11.3. The van der Waals surface area contributed by atoms with Crippen LogP contribution < -0.4 is 5.32 Å². The Kier molecular flexibility index (Phi) is 4.36. The lowest BCUT2D eigenvalue weighted by Gasteiger charge is -2.31. The second-order valence-electron chi connectivity index (χ2n) is 6.27. The molecule has 0 saturated carbocycles. The van der Waals surface area contributed by atoms with Crippen LogP contribution in [0.3, 0.4) is 0 Å². The molecule has 1 amide bonds. The van der Waals surface area contributed by atoms with Crippen LogP contribution in [0.5, 0.6) is 0 Å². The van der Waals surface area contributed by atoms with Gasteiger partial charge in [-0.2, -0.15) is 0 Å². The van der Waals surface area contributed by atoms with Crippen molar-refractivity contribution >= 4 is 5.91 Å². The lowest BCUT2D eigenvalue weighted by molar-refractivity contribution is -0.122. The highest BCUT2D eigenvalue weighted by Gasteiger charge is 2.30. The Morgan fingerprint density at radius 1 is 1.44 bits per heavy atom. The average molecular weight is 226 g/mol. The van der Waals surface area contributed by atoms with Gasteiger partial charge in [0, 0.05) is 31.1 Å². The molecule has 1 atom stereocenters. The van der Waals surface area contributed by atoms with Crippen LogP contribution >= 0.6 is 0 Å². The number of likely N-dealkylation sites (tertiary alicyclic amines) is 1. The molecule has 1 fully saturated rings. The van der Waals surface area contributed by atoms with Gasteiger partial charge in [0.2, 0.25) is 5.91 Å². The minimum atomic E-state index is 0.204. The number of nitrogens with one attached hydrogen (secondary N) is 1. The highest BCUT2D eigenvalue weighted by atomic mass is 16.1. The molecule has 0 aliphatic carbocycles. The SMILES string of the molecule is CC(C)CC(=O)NC1CCN(C(C)(C)C)C1. The Bertz CT molecular complexity index is 243. The van der Waals surface area contributed by atoms with Crippen molar-refractivity contribution in [2.45, 2.75) is 59.0 Å². The minimum absolute atomic E-state index is 0.204. The van der Waals surface area contributed by atoms with Crippen LogP contribution in [0.25, 0.3) is 0 Å². The molecule has 1 rings (SSSR count). The lowest BCUT2D eigenvalue weighted by atomic mass is 10.1. The molecule has 3 nitrogen and oxygen atoms in total. The van der Waals surface area contributed by atoms with E-state index in [2.05, 4.69) is 44.8 Å². The molecule has 0 aromatic heterocycles. The molecule has 0 aromatic carbocycles. The van der Waals surface area contributed by atoms with Gasteiger partial charge in [0.25, 0.3) is 0 Å². The fourth-order valence-corrected chi connectivity index (χ4v) is 2.14. The summed E-state index contributed by atoms with van der Waals surface area (Å²) >= 11 is 0. The van der Waals surface area contributed by atoms with Gasteiger partial charge >= 0.3 is 0 Å². The molecule has 0 radical (unpaired) electrons. The zero-order chi connectivity index (χ0) is 12.3. The average Bonchev–Trinajstić information content (AvgIpc) is 2.49. The van der Waals surface area contributed by atoms with Crippen molar-refractivity contribution in [3.63, 3.8) is 0 Å². The predicted molar refractivity (Wildman–Crippen MR) is 67.3 cm³/mol. The van der Waals surface area contributed by atoms with Crippen molar-refractivity contribution in [1.29, 1.82) is 0 Å². The molecule has 1 unspecified atom stereocenters. The Balaban J connectivity index is 2.34. The van der Waals surface area contributed by atoms with Gasteiger partial charge in [0.1, 0.15) is 0 Å². The second-order valence-corrected chi connectivity index (χ2v) is 6.27. The van der Waals surface area contributed by atoms with E-state index in [4.69, 9.17) is 0 Å². The number of hydrogen-bond acceptors (Lipinski definition) is 2. The third-order valence-corrected chi connectivity index (χ3v) is 3.10. The molecule has 3 heteroatoms. The van der Waals surface area contributed by atoms with Gasteiger partial charge in [0.15, 0.2) is 0 Å². The highest BCUT2D eigenvalue weighted by Crippen LogP contribution is 2.20. The van der Waals surface area contributed by atoms with Crippen molar-refractivity contribution < 1.29 is 4.79 Å². The first-order valence-corrected chi connectivity index (χ1v) is 6.33. The van der Waals surface area contributed by atoms with Crippen LogP contribution in [0.15, 0.2) is 0 Å². The number of hydrogen-bond donors (Lipinski definition) is 1. The van der Waals surface area contributed by atoms with Gasteiger partial charge < -0.3 is 5.32 Å². The summed E-state index contributed by atoms with van der Waals surface area (Å²) in [6, 6.07) is 0.352. The molecule has 0 bridgehead atoms. The van der Waals surface area contributed by atoms with Gasteiger partial charge in [-0.3, -0.25) is 9.69 Å². The summed E-state index contributed by atoms with van der Waals surface area (Å²) in [5.74, 6) is 0.649. The van der Waals surface area contributed by atoms with Gasteiger partial charge in [0.05, 0.1) is 0 Å². The Morgan fingerprint density at radius 2 is 2.06 bits per heavy atom. The van der Waals surface area contributed by atoms with Crippen molar-refractivity contribution in [2.24, 2.45) is 5.92 Å².